The van der Waals surface area contributed by atoms with Crippen molar-refractivity contribution in [3.63, 3.8) is 0 Å². The highest BCUT2D eigenvalue weighted by Gasteiger charge is 2.30. The van der Waals surface area contributed by atoms with Gasteiger partial charge in [-0.1, -0.05) is 12.8 Å². The largest absolute Gasteiger partial charge is 0.467 e. The van der Waals surface area contributed by atoms with E-state index in [2.05, 4.69) is 4.98 Å². The third kappa shape index (κ3) is 3.56. The molecule has 1 saturated heterocycles. The number of pyridine rings is 1. The second kappa shape index (κ2) is 7.44. The molecular formula is C17H21N3O4. The summed E-state index contributed by atoms with van der Waals surface area (Å²) in [6.45, 7) is 0.702. The molecule has 1 N–H and O–H groups in total. The smallest absolute Gasteiger partial charge is 0.311 e. The molecule has 3 rings (SSSR count). The second-order valence-corrected chi connectivity index (χ2v) is 6.07. The van der Waals surface area contributed by atoms with Crippen molar-refractivity contribution < 1.29 is 14.4 Å². The Morgan fingerprint density at radius 1 is 1.38 bits per heavy atom. The molecule has 0 spiro atoms. The third-order valence-corrected chi connectivity index (χ3v) is 4.48. The van der Waals surface area contributed by atoms with Crippen LogP contribution in [0.25, 0.3) is 0 Å². The van der Waals surface area contributed by atoms with Gasteiger partial charge in [0.1, 0.15) is 11.9 Å². The summed E-state index contributed by atoms with van der Waals surface area (Å²) >= 11 is 0. The Hall–Kier alpha value is -2.41. The first kappa shape index (κ1) is 16.4. The molecule has 0 radical (unpaired) electrons. The zero-order valence-corrected chi connectivity index (χ0v) is 13.4. The van der Waals surface area contributed by atoms with E-state index in [0.717, 1.165) is 25.7 Å². The van der Waals surface area contributed by atoms with Crippen LogP contribution < -0.4 is 4.90 Å². The zero-order valence-electron chi connectivity index (χ0n) is 13.4. The Bertz CT molecular complexity index is 674. The van der Waals surface area contributed by atoms with Gasteiger partial charge in [0.2, 0.25) is 5.82 Å². The van der Waals surface area contributed by atoms with E-state index in [9.17, 15) is 15.2 Å². The van der Waals surface area contributed by atoms with Crippen molar-refractivity contribution in [2.24, 2.45) is 0 Å². The Morgan fingerprint density at radius 2 is 2.25 bits per heavy atom. The number of aromatic nitrogens is 1. The van der Waals surface area contributed by atoms with Crippen molar-refractivity contribution in [3.8, 4) is 0 Å². The summed E-state index contributed by atoms with van der Waals surface area (Å²) in [5.41, 5.74) is 0.0110. The van der Waals surface area contributed by atoms with E-state index < -0.39 is 11.0 Å². The molecule has 0 bridgehead atoms. The van der Waals surface area contributed by atoms with E-state index in [4.69, 9.17) is 4.42 Å². The number of aliphatic hydroxyl groups is 1. The maximum Gasteiger partial charge on any atom is 0.311 e. The number of hydrogen-bond donors (Lipinski definition) is 1. The summed E-state index contributed by atoms with van der Waals surface area (Å²) in [7, 11) is 0. The quantitative estimate of drug-likeness (QED) is 0.666. The molecule has 128 valence electrons. The number of nitrogens with zero attached hydrogens (tertiary/aromatic N) is 3. The highest BCUT2D eigenvalue weighted by atomic mass is 16.6. The average molecular weight is 331 g/mol. The molecule has 1 fully saturated rings. The minimum Gasteiger partial charge on any atom is -0.467 e. The van der Waals surface area contributed by atoms with Gasteiger partial charge in [-0.15, -0.1) is 0 Å². The Kier molecular flexibility index (Phi) is 5.10. The van der Waals surface area contributed by atoms with E-state index in [1.54, 1.807) is 24.4 Å². The van der Waals surface area contributed by atoms with Gasteiger partial charge in [0.05, 0.1) is 11.2 Å². The molecule has 7 nitrogen and oxygen atoms in total. The van der Waals surface area contributed by atoms with E-state index in [0.29, 0.717) is 24.5 Å². The Balaban J connectivity index is 1.87. The third-order valence-electron chi connectivity index (χ3n) is 4.48. The maximum absolute atomic E-state index is 11.3. The normalized spacial score (nSPS) is 19.7. The fraction of sp³-hybridized carbons (Fsp3) is 0.471. The summed E-state index contributed by atoms with van der Waals surface area (Å²) in [5, 5.41) is 21.8. The van der Waals surface area contributed by atoms with Crippen LogP contribution in [0.15, 0.2) is 41.1 Å². The van der Waals surface area contributed by atoms with Crippen molar-refractivity contribution in [1.29, 1.82) is 0 Å². The highest BCUT2D eigenvalue weighted by Crippen LogP contribution is 2.33. The van der Waals surface area contributed by atoms with Crippen LogP contribution in [0.5, 0.6) is 0 Å². The van der Waals surface area contributed by atoms with Gasteiger partial charge >= 0.3 is 5.69 Å². The first-order valence-electron chi connectivity index (χ1n) is 8.24. The number of aliphatic hydroxyl groups excluding tert-OH is 1. The Labute approximate surface area is 140 Å². The van der Waals surface area contributed by atoms with Gasteiger partial charge in [0.15, 0.2) is 0 Å². The predicted octanol–water partition coefficient (Wildman–Crippen LogP) is 3.46. The Morgan fingerprint density at radius 3 is 3.00 bits per heavy atom. The minimum absolute atomic E-state index is 0.0110. The van der Waals surface area contributed by atoms with Gasteiger partial charge in [-0.3, -0.25) is 10.1 Å². The van der Waals surface area contributed by atoms with Crippen molar-refractivity contribution in [3.05, 3.63) is 52.6 Å². The molecule has 24 heavy (non-hydrogen) atoms. The number of furan rings is 1. The van der Waals surface area contributed by atoms with Crippen molar-refractivity contribution in [2.45, 2.75) is 44.2 Å². The summed E-state index contributed by atoms with van der Waals surface area (Å²) in [6.07, 6.45) is 6.78. The molecule has 0 aliphatic carbocycles. The van der Waals surface area contributed by atoms with Crippen LogP contribution in [0, 0.1) is 10.1 Å². The highest BCUT2D eigenvalue weighted by molar-refractivity contribution is 5.58. The van der Waals surface area contributed by atoms with Gasteiger partial charge in [0.25, 0.3) is 0 Å². The van der Waals surface area contributed by atoms with Gasteiger partial charge in [0, 0.05) is 31.3 Å². The van der Waals surface area contributed by atoms with Crippen molar-refractivity contribution >= 4 is 11.5 Å². The van der Waals surface area contributed by atoms with E-state index >= 15 is 0 Å². The van der Waals surface area contributed by atoms with Gasteiger partial charge in [-0.05, 0) is 31.0 Å². The SMILES string of the molecule is O=[N+]([O-])c1cccnc1N1CCCCCC1CC(O)c1ccco1. The average Bonchev–Trinajstić information content (AvgIpc) is 3.03. The summed E-state index contributed by atoms with van der Waals surface area (Å²) in [6, 6.07) is 6.53. The van der Waals surface area contributed by atoms with Crippen LogP contribution in [0.3, 0.4) is 0 Å². The molecule has 0 amide bonds. The monoisotopic (exact) mass is 331 g/mol. The van der Waals surface area contributed by atoms with Crippen molar-refractivity contribution in [2.75, 3.05) is 11.4 Å². The molecule has 1 aliphatic heterocycles. The topological polar surface area (TPSA) is 92.6 Å². The predicted molar refractivity (Wildman–Crippen MR) is 88.8 cm³/mol. The van der Waals surface area contributed by atoms with Crippen molar-refractivity contribution in [1.82, 2.24) is 4.98 Å². The molecule has 0 aromatic carbocycles. The molecule has 3 heterocycles. The van der Waals surface area contributed by atoms with Crippen LogP contribution in [-0.4, -0.2) is 27.6 Å². The fourth-order valence-electron chi connectivity index (χ4n) is 3.31. The van der Waals surface area contributed by atoms with E-state index in [1.807, 2.05) is 4.90 Å². The number of rotatable bonds is 5. The lowest BCUT2D eigenvalue weighted by molar-refractivity contribution is -0.384. The first-order valence-corrected chi connectivity index (χ1v) is 8.24. The molecule has 7 heteroatoms. The summed E-state index contributed by atoms with van der Waals surface area (Å²) in [5.74, 6) is 0.913. The second-order valence-electron chi connectivity index (χ2n) is 6.07. The molecule has 0 saturated carbocycles. The lowest BCUT2D eigenvalue weighted by Crippen LogP contribution is -2.37. The lowest BCUT2D eigenvalue weighted by atomic mass is 10.0. The molecule has 2 aromatic rings. The van der Waals surface area contributed by atoms with Gasteiger partial charge in [-0.2, -0.15) is 0 Å². The van der Waals surface area contributed by atoms with E-state index in [1.165, 1.54) is 12.3 Å². The maximum atomic E-state index is 11.3. The standard InChI is InChI=1S/C17H21N3O4/c21-15(16-8-5-11-24-16)12-13-6-2-1-3-10-19(13)17-14(20(22)23)7-4-9-18-17/h4-5,7-9,11,13,15,21H,1-3,6,10,12H2. The van der Waals surface area contributed by atoms with Crippen LogP contribution >= 0.6 is 0 Å². The molecule has 2 aromatic heterocycles. The first-order chi connectivity index (χ1) is 11.7. The molecule has 1 aliphatic rings. The van der Waals surface area contributed by atoms with Gasteiger partial charge < -0.3 is 14.4 Å². The van der Waals surface area contributed by atoms with Crippen LogP contribution in [0.2, 0.25) is 0 Å². The lowest BCUT2D eigenvalue weighted by Gasteiger charge is -2.31. The van der Waals surface area contributed by atoms with Crippen LogP contribution in [0.4, 0.5) is 11.5 Å². The summed E-state index contributed by atoms with van der Waals surface area (Å²) in [4.78, 5) is 17.2. The van der Waals surface area contributed by atoms with Gasteiger partial charge in [-0.25, -0.2) is 4.98 Å². The minimum atomic E-state index is -0.728. The van der Waals surface area contributed by atoms with Crippen LogP contribution in [0.1, 0.15) is 44.0 Å². The number of anilines is 1. The number of hydrogen-bond acceptors (Lipinski definition) is 6. The number of nitro groups is 1. The molecular weight excluding hydrogens is 310 g/mol. The molecule has 2 unspecified atom stereocenters. The molecule has 2 atom stereocenters. The zero-order chi connectivity index (χ0) is 16.9. The summed E-state index contributed by atoms with van der Waals surface area (Å²) < 4.78 is 5.28. The van der Waals surface area contributed by atoms with Crippen LogP contribution in [-0.2, 0) is 0 Å². The van der Waals surface area contributed by atoms with E-state index in [-0.39, 0.29) is 11.7 Å². The fourth-order valence-corrected chi connectivity index (χ4v) is 3.31.